The number of nitrogens with zero attached hydrogens (tertiary/aromatic N) is 3. The molecule has 0 unspecified atom stereocenters. The monoisotopic (exact) mass is 290 g/mol. The van der Waals surface area contributed by atoms with Gasteiger partial charge in [0.05, 0.1) is 17.6 Å². The van der Waals surface area contributed by atoms with Crippen molar-refractivity contribution in [3.63, 3.8) is 0 Å². The zero-order valence-electron chi connectivity index (χ0n) is 14.0. The predicted molar refractivity (Wildman–Crippen MR) is 88.5 cm³/mol. The zero-order chi connectivity index (χ0) is 15.4. The smallest absolute Gasteiger partial charge is 0.131 e. The van der Waals surface area contributed by atoms with Crippen LogP contribution in [-0.2, 0) is 6.54 Å². The van der Waals surface area contributed by atoms with E-state index >= 15 is 0 Å². The summed E-state index contributed by atoms with van der Waals surface area (Å²) in [6.07, 6.45) is 7.24. The van der Waals surface area contributed by atoms with Gasteiger partial charge >= 0.3 is 0 Å². The summed E-state index contributed by atoms with van der Waals surface area (Å²) in [5, 5.41) is 0. The van der Waals surface area contributed by atoms with Gasteiger partial charge < -0.3 is 10.6 Å². The molecule has 1 heterocycles. The molecule has 1 saturated carbocycles. The molecule has 2 rings (SSSR count). The number of hydrogen-bond acceptors (Lipinski definition) is 4. The summed E-state index contributed by atoms with van der Waals surface area (Å²) in [6.45, 7) is 10.3. The highest BCUT2D eigenvalue weighted by Crippen LogP contribution is 2.30. The molecule has 0 bridgehead atoms. The third-order valence-electron chi connectivity index (χ3n) is 4.21. The van der Waals surface area contributed by atoms with Crippen LogP contribution in [0.15, 0.2) is 6.20 Å². The topological polar surface area (TPSA) is 55.0 Å². The van der Waals surface area contributed by atoms with Crippen molar-refractivity contribution in [2.24, 2.45) is 11.7 Å². The van der Waals surface area contributed by atoms with Crippen molar-refractivity contribution in [3.8, 4) is 0 Å². The van der Waals surface area contributed by atoms with Gasteiger partial charge in [0.25, 0.3) is 0 Å². The van der Waals surface area contributed by atoms with Crippen LogP contribution in [0.3, 0.4) is 0 Å². The molecule has 1 aromatic heterocycles. The maximum atomic E-state index is 5.97. The Morgan fingerprint density at radius 3 is 2.43 bits per heavy atom. The lowest BCUT2D eigenvalue weighted by Crippen LogP contribution is -2.37. The first-order valence-corrected chi connectivity index (χ1v) is 8.35. The highest BCUT2D eigenvalue weighted by atomic mass is 15.2. The molecule has 4 nitrogen and oxygen atoms in total. The van der Waals surface area contributed by atoms with Gasteiger partial charge in [0.2, 0.25) is 0 Å². The molecule has 0 atom stereocenters. The Morgan fingerprint density at radius 2 is 1.90 bits per heavy atom. The van der Waals surface area contributed by atoms with Gasteiger partial charge in [-0.25, -0.2) is 9.97 Å². The molecular formula is C17H30N4. The van der Waals surface area contributed by atoms with Crippen molar-refractivity contribution in [2.45, 2.75) is 71.9 Å². The van der Waals surface area contributed by atoms with Crippen LogP contribution in [0, 0.1) is 5.92 Å². The number of anilines is 1. The maximum absolute atomic E-state index is 5.97. The van der Waals surface area contributed by atoms with Crippen LogP contribution in [0.4, 0.5) is 5.69 Å². The third-order valence-corrected chi connectivity index (χ3v) is 4.21. The molecule has 4 heteroatoms. The van der Waals surface area contributed by atoms with Gasteiger partial charge in [-0.15, -0.1) is 0 Å². The average molecular weight is 290 g/mol. The lowest BCUT2D eigenvalue weighted by molar-refractivity contribution is 0.531. The van der Waals surface area contributed by atoms with E-state index in [4.69, 9.17) is 10.7 Å². The van der Waals surface area contributed by atoms with Gasteiger partial charge in [-0.3, -0.25) is 0 Å². The minimum atomic E-state index is 0.342. The molecule has 1 aromatic rings. The summed E-state index contributed by atoms with van der Waals surface area (Å²) in [5.41, 5.74) is 8.13. The van der Waals surface area contributed by atoms with Crippen molar-refractivity contribution in [2.75, 3.05) is 11.4 Å². The van der Waals surface area contributed by atoms with Crippen LogP contribution in [0.5, 0.6) is 0 Å². The summed E-state index contributed by atoms with van der Waals surface area (Å²) in [7, 11) is 0. The molecular weight excluding hydrogens is 260 g/mol. The Labute approximate surface area is 129 Å². The predicted octanol–water partition coefficient (Wildman–Crippen LogP) is 3.46. The summed E-state index contributed by atoms with van der Waals surface area (Å²) >= 11 is 0. The van der Waals surface area contributed by atoms with Crippen LogP contribution in [0.25, 0.3) is 0 Å². The fourth-order valence-corrected chi connectivity index (χ4v) is 3.15. The summed E-state index contributed by atoms with van der Waals surface area (Å²) < 4.78 is 0. The van der Waals surface area contributed by atoms with Gasteiger partial charge in [0.15, 0.2) is 0 Å². The molecule has 0 amide bonds. The molecule has 0 spiro atoms. The fourth-order valence-electron chi connectivity index (χ4n) is 3.15. The first-order chi connectivity index (χ1) is 10.0. The standard InChI is InChI=1S/C17H30N4/c1-12(2)11-21(14-7-5-6-8-14)16-10-19-17(13(3)4)20-15(16)9-18/h10,12-14H,5-9,11,18H2,1-4H3. The van der Waals surface area contributed by atoms with Gasteiger partial charge in [0, 0.05) is 25.0 Å². The van der Waals surface area contributed by atoms with Gasteiger partial charge in [-0.05, 0) is 18.8 Å². The molecule has 1 fully saturated rings. The Balaban J connectivity index is 2.33. The number of hydrogen-bond donors (Lipinski definition) is 1. The molecule has 21 heavy (non-hydrogen) atoms. The minimum Gasteiger partial charge on any atom is -0.366 e. The number of rotatable bonds is 6. The van der Waals surface area contributed by atoms with Crippen LogP contribution < -0.4 is 10.6 Å². The van der Waals surface area contributed by atoms with Crippen molar-refractivity contribution in [1.29, 1.82) is 0 Å². The van der Waals surface area contributed by atoms with E-state index in [2.05, 4.69) is 37.6 Å². The van der Waals surface area contributed by atoms with E-state index < -0.39 is 0 Å². The second kappa shape index (κ2) is 7.21. The first kappa shape index (κ1) is 16.2. The lowest BCUT2D eigenvalue weighted by atomic mass is 10.1. The minimum absolute atomic E-state index is 0.342. The van der Waals surface area contributed by atoms with Crippen molar-refractivity contribution >= 4 is 5.69 Å². The molecule has 1 aliphatic carbocycles. The number of nitrogens with two attached hydrogens (primary N) is 1. The van der Waals surface area contributed by atoms with Gasteiger partial charge in [-0.1, -0.05) is 40.5 Å². The largest absolute Gasteiger partial charge is 0.366 e. The average Bonchev–Trinajstić information content (AvgIpc) is 2.97. The molecule has 0 aliphatic heterocycles. The highest BCUT2D eigenvalue weighted by Gasteiger charge is 2.26. The molecule has 0 aromatic carbocycles. The van der Waals surface area contributed by atoms with Gasteiger partial charge in [0.1, 0.15) is 5.82 Å². The van der Waals surface area contributed by atoms with Gasteiger partial charge in [-0.2, -0.15) is 0 Å². The second-order valence-corrected chi connectivity index (χ2v) is 6.90. The van der Waals surface area contributed by atoms with Crippen LogP contribution in [0.1, 0.15) is 70.8 Å². The van der Waals surface area contributed by atoms with Crippen LogP contribution in [-0.4, -0.2) is 22.6 Å². The van der Waals surface area contributed by atoms with E-state index in [1.165, 1.54) is 25.7 Å². The summed E-state index contributed by atoms with van der Waals surface area (Å²) in [4.78, 5) is 11.8. The zero-order valence-corrected chi connectivity index (χ0v) is 14.0. The molecule has 0 radical (unpaired) electrons. The third kappa shape index (κ3) is 3.94. The van der Waals surface area contributed by atoms with E-state index in [1.54, 1.807) is 0 Å². The SMILES string of the molecule is CC(C)CN(c1cnc(C(C)C)nc1CN)C1CCCC1. The lowest BCUT2D eigenvalue weighted by Gasteiger charge is -2.33. The molecule has 118 valence electrons. The highest BCUT2D eigenvalue weighted by molar-refractivity contribution is 5.50. The molecule has 2 N–H and O–H groups in total. The Morgan fingerprint density at radius 1 is 1.24 bits per heavy atom. The quantitative estimate of drug-likeness (QED) is 0.871. The first-order valence-electron chi connectivity index (χ1n) is 8.35. The second-order valence-electron chi connectivity index (χ2n) is 6.90. The summed E-state index contributed by atoms with van der Waals surface area (Å²) in [5.74, 6) is 1.87. The maximum Gasteiger partial charge on any atom is 0.131 e. The van der Waals surface area contributed by atoms with E-state index in [1.807, 2.05) is 6.20 Å². The Kier molecular flexibility index (Phi) is 5.57. The normalized spacial score (nSPS) is 16.1. The van der Waals surface area contributed by atoms with E-state index in [-0.39, 0.29) is 0 Å². The fraction of sp³-hybridized carbons (Fsp3) is 0.765. The molecule has 1 aliphatic rings. The summed E-state index contributed by atoms with van der Waals surface area (Å²) in [6, 6.07) is 0.631. The van der Waals surface area contributed by atoms with E-state index in [9.17, 15) is 0 Å². The van der Waals surface area contributed by atoms with Crippen molar-refractivity contribution < 1.29 is 0 Å². The Bertz CT molecular complexity index is 450. The van der Waals surface area contributed by atoms with Crippen molar-refractivity contribution in [3.05, 3.63) is 17.7 Å². The van der Waals surface area contributed by atoms with E-state index in [0.717, 1.165) is 23.8 Å². The van der Waals surface area contributed by atoms with Crippen molar-refractivity contribution in [1.82, 2.24) is 9.97 Å². The van der Waals surface area contributed by atoms with Crippen LogP contribution in [0.2, 0.25) is 0 Å². The van der Waals surface area contributed by atoms with Crippen LogP contribution >= 0.6 is 0 Å². The Hall–Kier alpha value is -1.16. The van der Waals surface area contributed by atoms with E-state index in [0.29, 0.717) is 24.4 Å². The number of aromatic nitrogens is 2. The molecule has 0 saturated heterocycles.